The summed E-state index contributed by atoms with van der Waals surface area (Å²) in [6, 6.07) is 16.5. The Morgan fingerprint density at radius 2 is 1.50 bits per heavy atom. The maximum absolute atomic E-state index is 12.6. The molecule has 22 heavy (non-hydrogen) atoms. The van der Waals surface area contributed by atoms with E-state index in [-0.39, 0.29) is 10.7 Å². The molecule has 0 fully saturated rings. The molecule has 0 spiro atoms. The lowest BCUT2D eigenvalue weighted by atomic mass is 10.3. The van der Waals surface area contributed by atoms with Gasteiger partial charge in [0.05, 0.1) is 10.6 Å². The Bertz CT molecular complexity index is 904. The molecule has 3 rings (SSSR count). The van der Waals surface area contributed by atoms with E-state index < -0.39 is 20.6 Å². The molecule has 7 heteroatoms. The highest BCUT2D eigenvalue weighted by Crippen LogP contribution is 2.33. The monoisotopic (exact) mass is 315 g/mol. The molecule has 0 atom stereocenters. The lowest BCUT2D eigenvalue weighted by molar-refractivity contribution is 0.460. The highest BCUT2D eigenvalue weighted by Gasteiger charge is 2.28. The van der Waals surface area contributed by atoms with Gasteiger partial charge < -0.3 is 10.8 Å². The molecule has 0 aliphatic heterocycles. The van der Waals surface area contributed by atoms with Crippen molar-refractivity contribution in [3.63, 3.8) is 0 Å². The maximum atomic E-state index is 12.6. The average Bonchev–Trinajstić information content (AvgIpc) is 2.86. The number of para-hydroxylation sites is 1. The molecule has 2 aromatic carbocycles. The molecule has 1 aromatic heterocycles. The highest BCUT2D eigenvalue weighted by atomic mass is 32.2. The minimum absolute atomic E-state index is 0.0445. The lowest BCUT2D eigenvalue weighted by Crippen LogP contribution is -2.05. The lowest BCUT2D eigenvalue weighted by Gasteiger charge is -2.02. The van der Waals surface area contributed by atoms with Crippen molar-refractivity contribution in [2.24, 2.45) is 0 Å². The first-order valence-electron chi connectivity index (χ1n) is 6.45. The van der Waals surface area contributed by atoms with Crippen molar-refractivity contribution >= 4 is 15.7 Å². The van der Waals surface area contributed by atoms with Gasteiger partial charge in [0, 0.05) is 0 Å². The predicted octanol–water partition coefficient (Wildman–Crippen LogP) is 1.99. The SMILES string of the molecule is Nc1c(O)c(S(=O)(=O)c2ccccc2)nn1-c1ccccc1. The van der Waals surface area contributed by atoms with E-state index in [4.69, 9.17) is 5.73 Å². The van der Waals surface area contributed by atoms with Crippen LogP contribution in [0.2, 0.25) is 0 Å². The third-order valence-electron chi connectivity index (χ3n) is 3.17. The standard InChI is InChI=1S/C15H13N3O3S/c16-14-13(19)15(17-18(14)11-7-3-1-4-8-11)22(20,21)12-9-5-2-6-10-12/h1-10,19H,16H2. The fourth-order valence-corrected chi connectivity index (χ4v) is 3.35. The first-order chi connectivity index (χ1) is 10.5. The number of hydrogen-bond acceptors (Lipinski definition) is 5. The zero-order valence-electron chi connectivity index (χ0n) is 11.4. The number of rotatable bonds is 3. The molecular weight excluding hydrogens is 302 g/mol. The van der Waals surface area contributed by atoms with E-state index in [0.717, 1.165) is 0 Å². The third-order valence-corrected chi connectivity index (χ3v) is 4.85. The van der Waals surface area contributed by atoms with Crippen molar-refractivity contribution in [2.75, 3.05) is 5.73 Å². The third kappa shape index (κ3) is 2.21. The first kappa shape index (κ1) is 14.2. The Balaban J connectivity index is 2.18. The van der Waals surface area contributed by atoms with Crippen LogP contribution >= 0.6 is 0 Å². The molecule has 0 bridgehead atoms. The van der Waals surface area contributed by atoms with E-state index in [0.29, 0.717) is 5.69 Å². The number of hydrogen-bond donors (Lipinski definition) is 2. The van der Waals surface area contributed by atoms with Crippen LogP contribution in [0, 0.1) is 0 Å². The van der Waals surface area contributed by atoms with Gasteiger partial charge in [0.1, 0.15) is 0 Å². The van der Waals surface area contributed by atoms with E-state index in [1.807, 2.05) is 6.07 Å². The zero-order valence-corrected chi connectivity index (χ0v) is 12.2. The molecule has 0 aliphatic carbocycles. The fourth-order valence-electron chi connectivity index (χ4n) is 2.06. The van der Waals surface area contributed by atoms with Gasteiger partial charge in [0.25, 0.3) is 0 Å². The average molecular weight is 315 g/mol. The Hall–Kier alpha value is -2.80. The van der Waals surface area contributed by atoms with Crippen molar-refractivity contribution in [1.82, 2.24) is 9.78 Å². The minimum Gasteiger partial charge on any atom is -0.502 e. The van der Waals surface area contributed by atoms with Crippen LogP contribution in [0.25, 0.3) is 5.69 Å². The van der Waals surface area contributed by atoms with Gasteiger partial charge in [-0.1, -0.05) is 36.4 Å². The van der Waals surface area contributed by atoms with E-state index >= 15 is 0 Å². The van der Waals surface area contributed by atoms with Gasteiger partial charge in [-0.2, -0.15) is 0 Å². The van der Waals surface area contributed by atoms with Gasteiger partial charge in [-0.15, -0.1) is 5.10 Å². The topological polar surface area (TPSA) is 98.2 Å². The number of anilines is 1. The molecule has 3 aromatic rings. The second kappa shape index (κ2) is 5.19. The maximum Gasteiger partial charge on any atom is 0.229 e. The van der Waals surface area contributed by atoms with Crippen molar-refractivity contribution in [1.29, 1.82) is 0 Å². The first-order valence-corrected chi connectivity index (χ1v) is 7.93. The molecule has 0 aliphatic rings. The smallest absolute Gasteiger partial charge is 0.229 e. The van der Waals surface area contributed by atoms with Gasteiger partial charge in [0.2, 0.25) is 14.9 Å². The van der Waals surface area contributed by atoms with Gasteiger partial charge >= 0.3 is 0 Å². The van der Waals surface area contributed by atoms with Crippen LogP contribution < -0.4 is 5.73 Å². The van der Waals surface area contributed by atoms with Crippen LogP contribution in [0.1, 0.15) is 0 Å². The van der Waals surface area contributed by atoms with Crippen LogP contribution in [0.4, 0.5) is 5.82 Å². The van der Waals surface area contributed by atoms with Crippen LogP contribution in [0.5, 0.6) is 5.75 Å². The van der Waals surface area contributed by atoms with Crippen molar-refractivity contribution < 1.29 is 13.5 Å². The van der Waals surface area contributed by atoms with E-state index in [1.54, 1.807) is 42.5 Å². The number of nitrogens with zero attached hydrogens (tertiary/aromatic N) is 2. The van der Waals surface area contributed by atoms with Gasteiger partial charge in [-0.05, 0) is 24.3 Å². The summed E-state index contributed by atoms with van der Waals surface area (Å²) in [7, 11) is -3.94. The summed E-state index contributed by atoms with van der Waals surface area (Å²) in [5.41, 5.74) is 6.36. The summed E-state index contributed by atoms with van der Waals surface area (Å²) in [4.78, 5) is 0.0445. The molecule has 0 unspecified atom stereocenters. The Morgan fingerprint density at radius 3 is 2.09 bits per heavy atom. The summed E-state index contributed by atoms with van der Waals surface area (Å²) >= 11 is 0. The molecule has 0 saturated carbocycles. The summed E-state index contributed by atoms with van der Waals surface area (Å²) in [6.45, 7) is 0. The van der Waals surface area contributed by atoms with E-state index in [1.165, 1.54) is 16.8 Å². The number of nitrogen functional groups attached to an aromatic ring is 1. The Morgan fingerprint density at radius 1 is 0.955 bits per heavy atom. The second-order valence-electron chi connectivity index (χ2n) is 4.60. The largest absolute Gasteiger partial charge is 0.502 e. The summed E-state index contributed by atoms with van der Waals surface area (Å²) < 4.78 is 26.3. The van der Waals surface area contributed by atoms with Crippen molar-refractivity contribution in [3.05, 3.63) is 60.7 Å². The molecular formula is C15H13N3O3S. The highest BCUT2D eigenvalue weighted by molar-refractivity contribution is 7.91. The number of benzene rings is 2. The van der Waals surface area contributed by atoms with Crippen LogP contribution in [-0.4, -0.2) is 23.3 Å². The predicted molar refractivity (Wildman–Crippen MR) is 81.5 cm³/mol. The zero-order chi connectivity index (χ0) is 15.7. The molecule has 3 N–H and O–H groups in total. The Kier molecular flexibility index (Phi) is 3.34. The quantitative estimate of drug-likeness (QED) is 0.770. The second-order valence-corrected chi connectivity index (χ2v) is 6.47. The van der Waals surface area contributed by atoms with Crippen LogP contribution in [0.3, 0.4) is 0 Å². The Labute approximate surface area is 127 Å². The number of aromatic hydroxyl groups is 1. The van der Waals surface area contributed by atoms with Gasteiger partial charge in [-0.25, -0.2) is 13.1 Å². The fraction of sp³-hybridized carbons (Fsp3) is 0. The minimum atomic E-state index is -3.94. The summed E-state index contributed by atoms with van der Waals surface area (Å²) in [5, 5.41) is 13.6. The van der Waals surface area contributed by atoms with Gasteiger partial charge in [-0.3, -0.25) is 0 Å². The normalized spacial score (nSPS) is 11.5. The van der Waals surface area contributed by atoms with E-state index in [2.05, 4.69) is 5.10 Å². The molecule has 6 nitrogen and oxygen atoms in total. The summed E-state index contributed by atoms with van der Waals surface area (Å²) in [6.07, 6.45) is 0. The molecule has 0 radical (unpaired) electrons. The number of nitrogens with two attached hydrogens (primary N) is 1. The van der Waals surface area contributed by atoms with Crippen LogP contribution in [-0.2, 0) is 9.84 Å². The van der Waals surface area contributed by atoms with Crippen molar-refractivity contribution in [2.45, 2.75) is 9.92 Å². The number of aromatic nitrogens is 2. The molecule has 0 saturated heterocycles. The van der Waals surface area contributed by atoms with Gasteiger partial charge in [0.15, 0.2) is 11.6 Å². The molecule has 112 valence electrons. The van der Waals surface area contributed by atoms with Crippen molar-refractivity contribution in [3.8, 4) is 11.4 Å². The van der Waals surface area contributed by atoms with Crippen LogP contribution in [0.15, 0.2) is 70.6 Å². The summed E-state index contributed by atoms with van der Waals surface area (Å²) in [5.74, 6) is -0.673. The number of sulfone groups is 1. The molecule has 1 heterocycles. The van der Waals surface area contributed by atoms with E-state index in [9.17, 15) is 13.5 Å². The molecule has 0 amide bonds.